The Balaban J connectivity index is 1.92. The van der Waals surface area contributed by atoms with Gasteiger partial charge in [-0.3, -0.25) is 0 Å². The molecular weight excluding hydrogens is 336 g/mol. The Labute approximate surface area is 132 Å². The van der Waals surface area contributed by atoms with Gasteiger partial charge in [0, 0.05) is 11.0 Å². The van der Waals surface area contributed by atoms with E-state index in [1.54, 1.807) is 0 Å². The molecule has 1 aliphatic carbocycles. The van der Waals surface area contributed by atoms with Gasteiger partial charge in [0.1, 0.15) is 5.54 Å². The monoisotopic (exact) mass is 354 g/mol. The van der Waals surface area contributed by atoms with Crippen molar-refractivity contribution in [3.8, 4) is 0 Å². The van der Waals surface area contributed by atoms with Crippen LogP contribution < -0.4 is 10.6 Å². The topological polar surface area (TPSA) is 78.4 Å². The van der Waals surface area contributed by atoms with Crippen molar-refractivity contribution in [2.24, 2.45) is 0 Å². The predicted molar refractivity (Wildman–Crippen MR) is 83.0 cm³/mol. The zero-order chi connectivity index (χ0) is 15.3. The Morgan fingerprint density at radius 1 is 1.24 bits per heavy atom. The van der Waals surface area contributed by atoms with Crippen molar-refractivity contribution in [3.63, 3.8) is 0 Å². The Hall–Kier alpha value is -1.56. The number of hydrogen-bond donors (Lipinski definition) is 3. The van der Waals surface area contributed by atoms with Gasteiger partial charge in [-0.1, -0.05) is 47.3 Å². The number of nitrogens with one attached hydrogen (secondary N) is 2. The van der Waals surface area contributed by atoms with Crippen LogP contribution in [0.1, 0.15) is 37.7 Å². The van der Waals surface area contributed by atoms with Gasteiger partial charge in [-0.05, 0) is 30.5 Å². The van der Waals surface area contributed by atoms with Crippen molar-refractivity contribution in [2.75, 3.05) is 0 Å². The third-order valence-corrected chi connectivity index (χ3v) is 4.30. The number of urea groups is 1. The van der Waals surface area contributed by atoms with Crippen molar-refractivity contribution in [3.05, 3.63) is 34.3 Å². The molecule has 3 N–H and O–H groups in total. The number of carbonyl (C=O) groups excluding carboxylic acids is 1. The molecule has 0 radical (unpaired) electrons. The Morgan fingerprint density at radius 2 is 1.95 bits per heavy atom. The third-order valence-electron chi connectivity index (χ3n) is 3.81. The number of carboxylic acids is 1. The molecule has 2 rings (SSSR count). The number of carbonyl (C=O) groups is 2. The van der Waals surface area contributed by atoms with Crippen LogP contribution in [-0.4, -0.2) is 22.6 Å². The van der Waals surface area contributed by atoms with Crippen LogP contribution in [0.2, 0.25) is 0 Å². The molecule has 0 heterocycles. The second-order valence-corrected chi connectivity index (χ2v) is 6.30. The summed E-state index contributed by atoms with van der Waals surface area (Å²) in [6.07, 6.45) is 3.67. The summed E-state index contributed by atoms with van der Waals surface area (Å²) in [4.78, 5) is 23.5. The number of benzene rings is 1. The minimum absolute atomic E-state index is 0.362. The van der Waals surface area contributed by atoms with Crippen molar-refractivity contribution in [1.82, 2.24) is 10.6 Å². The first-order chi connectivity index (χ1) is 10.0. The van der Waals surface area contributed by atoms with Crippen LogP contribution in [0.25, 0.3) is 0 Å². The molecule has 0 spiro atoms. The molecule has 6 heteroatoms. The van der Waals surface area contributed by atoms with Crippen LogP contribution in [0.5, 0.6) is 0 Å². The van der Waals surface area contributed by atoms with E-state index in [0.29, 0.717) is 19.4 Å². The molecule has 0 unspecified atom stereocenters. The zero-order valence-electron chi connectivity index (χ0n) is 11.7. The van der Waals surface area contributed by atoms with E-state index < -0.39 is 17.5 Å². The first-order valence-electron chi connectivity index (χ1n) is 7.06. The Morgan fingerprint density at radius 3 is 2.57 bits per heavy atom. The maximum Gasteiger partial charge on any atom is 0.329 e. The molecule has 21 heavy (non-hydrogen) atoms. The predicted octanol–water partition coefficient (Wildman–Crippen LogP) is 3.04. The fourth-order valence-electron chi connectivity index (χ4n) is 2.64. The van der Waals surface area contributed by atoms with E-state index in [2.05, 4.69) is 26.6 Å². The summed E-state index contributed by atoms with van der Waals surface area (Å²) in [5.41, 5.74) is -0.160. The van der Waals surface area contributed by atoms with Gasteiger partial charge in [0.25, 0.3) is 0 Å². The largest absolute Gasteiger partial charge is 0.480 e. The molecule has 0 bridgehead atoms. The number of amides is 2. The lowest BCUT2D eigenvalue weighted by molar-refractivity contribution is -0.145. The van der Waals surface area contributed by atoms with Gasteiger partial charge in [-0.25, -0.2) is 9.59 Å². The number of rotatable bonds is 4. The number of hydrogen-bond acceptors (Lipinski definition) is 2. The molecule has 1 aromatic carbocycles. The lowest BCUT2D eigenvalue weighted by Gasteiger charge is -2.33. The van der Waals surface area contributed by atoms with E-state index >= 15 is 0 Å². The van der Waals surface area contributed by atoms with Gasteiger partial charge in [-0.15, -0.1) is 0 Å². The fraction of sp³-hybridized carbons (Fsp3) is 0.467. The number of carboxylic acid groups (broad SMARTS) is 1. The van der Waals surface area contributed by atoms with Crippen LogP contribution in [0.4, 0.5) is 4.79 Å². The maximum atomic E-state index is 12.0. The molecule has 1 aliphatic rings. The minimum Gasteiger partial charge on any atom is -0.480 e. The Kier molecular flexibility index (Phi) is 5.22. The van der Waals surface area contributed by atoms with Gasteiger partial charge in [-0.2, -0.15) is 0 Å². The SMILES string of the molecule is O=C(NCc1cccc(Br)c1)NC1(C(=O)O)CCCCC1. The lowest BCUT2D eigenvalue weighted by Crippen LogP contribution is -2.57. The van der Waals surface area contributed by atoms with E-state index in [0.717, 1.165) is 29.3 Å². The summed E-state index contributed by atoms with van der Waals surface area (Å²) < 4.78 is 0.941. The molecule has 1 aromatic rings. The van der Waals surface area contributed by atoms with Crippen molar-refractivity contribution in [1.29, 1.82) is 0 Å². The Bertz CT molecular complexity index is 527. The second-order valence-electron chi connectivity index (χ2n) is 5.39. The van der Waals surface area contributed by atoms with E-state index in [4.69, 9.17) is 0 Å². The van der Waals surface area contributed by atoms with Crippen LogP contribution in [0.3, 0.4) is 0 Å². The van der Waals surface area contributed by atoms with Gasteiger partial charge in [0.05, 0.1) is 0 Å². The molecule has 5 nitrogen and oxygen atoms in total. The molecule has 1 fully saturated rings. The second kappa shape index (κ2) is 6.93. The zero-order valence-corrected chi connectivity index (χ0v) is 13.3. The molecule has 0 saturated heterocycles. The number of aliphatic carboxylic acids is 1. The first kappa shape index (κ1) is 15.8. The highest BCUT2D eigenvalue weighted by molar-refractivity contribution is 9.10. The van der Waals surface area contributed by atoms with E-state index in [1.807, 2.05) is 24.3 Å². The molecule has 114 valence electrons. The van der Waals surface area contributed by atoms with Crippen LogP contribution in [-0.2, 0) is 11.3 Å². The minimum atomic E-state index is -1.11. The molecular formula is C15H19BrN2O3. The summed E-state index contributed by atoms with van der Waals surface area (Å²) in [6.45, 7) is 0.362. The summed E-state index contributed by atoms with van der Waals surface area (Å²) in [5.74, 6) is -0.945. The molecule has 1 saturated carbocycles. The number of halogens is 1. The highest BCUT2D eigenvalue weighted by Gasteiger charge is 2.40. The lowest BCUT2D eigenvalue weighted by atomic mass is 9.82. The highest BCUT2D eigenvalue weighted by Crippen LogP contribution is 2.28. The molecule has 0 aliphatic heterocycles. The van der Waals surface area contributed by atoms with Crippen molar-refractivity contribution in [2.45, 2.75) is 44.2 Å². The van der Waals surface area contributed by atoms with E-state index in [-0.39, 0.29) is 0 Å². The fourth-order valence-corrected chi connectivity index (χ4v) is 3.09. The van der Waals surface area contributed by atoms with E-state index in [9.17, 15) is 14.7 Å². The maximum absolute atomic E-state index is 12.0. The average Bonchev–Trinajstić information content (AvgIpc) is 2.46. The summed E-state index contributed by atoms with van der Waals surface area (Å²) in [5, 5.41) is 14.8. The van der Waals surface area contributed by atoms with E-state index in [1.165, 1.54) is 0 Å². The van der Waals surface area contributed by atoms with Crippen LogP contribution in [0.15, 0.2) is 28.7 Å². The molecule has 0 atom stereocenters. The smallest absolute Gasteiger partial charge is 0.329 e. The molecule has 2 amide bonds. The van der Waals surface area contributed by atoms with Gasteiger partial charge in [0.2, 0.25) is 0 Å². The van der Waals surface area contributed by atoms with Gasteiger partial charge < -0.3 is 15.7 Å². The molecule has 0 aromatic heterocycles. The van der Waals surface area contributed by atoms with Crippen LogP contribution in [0, 0.1) is 0 Å². The standard InChI is InChI=1S/C15H19BrN2O3/c16-12-6-4-5-11(9-12)10-17-14(21)18-15(13(19)20)7-2-1-3-8-15/h4-6,9H,1-3,7-8,10H2,(H,19,20)(H2,17,18,21). The normalized spacial score (nSPS) is 17.0. The van der Waals surface area contributed by atoms with Crippen molar-refractivity contribution < 1.29 is 14.7 Å². The highest BCUT2D eigenvalue weighted by atomic mass is 79.9. The third kappa shape index (κ3) is 4.20. The van der Waals surface area contributed by atoms with Crippen molar-refractivity contribution >= 4 is 27.9 Å². The van der Waals surface area contributed by atoms with Crippen LogP contribution >= 0.6 is 15.9 Å². The average molecular weight is 355 g/mol. The summed E-state index contributed by atoms with van der Waals surface area (Å²) in [7, 11) is 0. The quantitative estimate of drug-likeness (QED) is 0.777. The van der Waals surface area contributed by atoms with Gasteiger partial charge >= 0.3 is 12.0 Å². The van der Waals surface area contributed by atoms with Gasteiger partial charge in [0.15, 0.2) is 0 Å². The first-order valence-corrected chi connectivity index (χ1v) is 7.85. The summed E-state index contributed by atoms with van der Waals surface area (Å²) in [6, 6.07) is 7.18. The summed E-state index contributed by atoms with van der Waals surface area (Å²) >= 11 is 3.37.